The van der Waals surface area contributed by atoms with Crippen molar-refractivity contribution in [3.63, 3.8) is 0 Å². The molecule has 1 heterocycles. The molecule has 0 spiro atoms. The SMILES string of the molecule is N=Nc1ccccc1NOC(=O)N(Cc1ccccc1)N1C(=O)c2ccccc2C1=O. The second-order valence-electron chi connectivity index (χ2n) is 6.61. The Morgan fingerprint density at radius 3 is 2.13 bits per heavy atom. The van der Waals surface area contributed by atoms with Crippen LogP contribution in [0, 0.1) is 5.53 Å². The van der Waals surface area contributed by atoms with Crippen LogP contribution < -0.4 is 5.48 Å². The zero-order valence-corrected chi connectivity index (χ0v) is 16.2. The highest BCUT2D eigenvalue weighted by Gasteiger charge is 2.42. The summed E-state index contributed by atoms with van der Waals surface area (Å²) in [5.41, 5.74) is 11.3. The Morgan fingerprint density at radius 1 is 0.903 bits per heavy atom. The summed E-state index contributed by atoms with van der Waals surface area (Å²) >= 11 is 0. The number of amides is 3. The average Bonchev–Trinajstić information content (AvgIpc) is 3.07. The van der Waals surface area contributed by atoms with E-state index < -0.39 is 17.9 Å². The van der Waals surface area contributed by atoms with Gasteiger partial charge in [-0.1, -0.05) is 54.6 Å². The van der Waals surface area contributed by atoms with E-state index in [9.17, 15) is 14.4 Å². The van der Waals surface area contributed by atoms with E-state index >= 15 is 0 Å². The van der Waals surface area contributed by atoms with Crippen molar-refractivity contribution < 1.29 is 19.2 Å². The topological polar surface area (TPSA) is 115 Å². The Balaban J connectivity index is 1.62. The first kappa shape index (κ1) is 19.8. The number of nitrogens with zero attached hydrogens (tertiary/aromatic N) is 3. The van der Waals surface area contributed by atoms with E-state index in [1.807, 2.05) is 6.07 Å². The van der Waals surface area contributed by atoms with E-state index in [2.05, 4.69) is 10.6 Å². The monoisotopic (exact) mass is 415 g/mol. The standard InChI is InChI=1S/C22H17N5O4/c23-24-18-12-6-7-13-19(18)25-31-22(30)26(14-15-8-2-1-3-9-15)27-20(28)16-10-4-5-11-17(16)21(27)29/h1-13,23,25H,14H2. The van der Waals surface area contributed by atoms with E-state index in [-0.39, 0.29) is 29.0 Å². The van der Waals surface area contributed by atoms with Crippen molar-refractivity contribution in [2.24, 2.45) is 5.11 Å². The Hall–Kier alpha value is -4.53. The molecule has 9 nitrogen and oxygen atoms in total. The van der Waals surface area contributed by atoms with Crippen LogP contribution in [0.1, 0.15) is 26.3 Å². The highest BCUT2D eigenvalue weighted by Crippen LogP contribution is 2.27. The molecule has 3 aromatic carbocycles. The molecule has 3 aromatic rings. The average molecular weight is 415 g/mol. The van der Waals surface area contributed by atoms with Gasteiger partial charge in [-0.05, 0) is 29.8 Å². The number of anilines is 1. The molecule has 0 saturated carbocycles. The predicted molar refractivity (Wildman–Crippen MR) is 110 cm³/mol. The third-order valence-corrected chi connectivity index (χ3v) is 4.67. The second kappa shape index (κ2) is 8.46. The van der Waals surface area contributed by atoms with Gasteiger partial charge in [0.2, 0.25) is 0 Å². The van der Waals surface area contributed by atoms with Crippen LogP contribution in [0.4, 0.5) is 16.2 Å². The van der Waals surface area contributed by atoms with Crippen molar-refractivity contribution in [2.75, 3.05) is 5.48 Å². The normalized spacial score (nSPS) is 12.3. The maximum Gasteiger partial charge on any atom is 0.453 e. The molecular formula is C22H17N5O4. The maximum atomic E-state index is 13.0. The van der Waals surface area contributed by atoms with Crippen molar-refractivity contribution in [2.45, 2.75) is 6.54 Å². The number of nitrogens with one attached hydrogen (secondary N) is 2. The number of benzene rings is 3. The van der Waals surface area contributed by atoms with Gasteiger partial charge in [0.1, 0.15) is 5.69 Å². The fraction of sp³-hybridized carbons (Fsp3) is 0.0455. The molecule has 154 valence electrons. The van der Waals surface area contributed by atoms with Gasteiger partial charge in [0.05, 0.1) is 23.4 Å². The van der Waals surface area contributed by atoms with E-state index in [4.69, 9.17) is 10.4 Å². The molecule has 0 unspecified atom stereocenters. The number of imide groups is 1. The molecule has 1 aliphatic rings. The van der Waals surface area contributed by atoms with E-state index in [0.29, 0.717) is 5.56 Å². The van der Waals surface area contributed by atoms with Gasteiger partial charge in [0.15, 0.2) is 0 Å². The van der Waals surface area contributed by atoms with Crippen molar-refractivity contribution in [3.8, 4) is 0 Å². The maximum absolute atomic E-state index is 13.0. The molecule has 31 heavy (non-hydrogen) atoms. The number of fused-ring (bicyclic) bond motifs is 1. The third-order valence-electron chi connectivity index (χ3n) is 4.67. The summed E-state index contributed by atoms with van der Waals surface area (Å²) in [7, 11) is 0. The minimum absolute atomic E-state index is 0.0721. The first-order valence-corrected chi connectivity index (χ1v) is 9.32. The first-order valence-electron chi connectivity index (χ1n) is 9.32. The van der Waals surface area contributed by atoms with Crippen LogP contribution in [0.3, 0.4) is 0 Å². The van der Waals surface area contributed by atoms with E-state index in [0.717, 1.165) is 10.0 Å². The van der Waals surface area contributed by atoms with E-state index in [1.54, 1.807) is 60.7 Å². The molecule has 3 amide bonds. The largest absolute Gasteiger partial charge is 0.453 e. The van der Waals surface area contributed by atoms with Crippen LogP contribution in [0.15, 0.2) is 84.0 Å². The highest BCUT2D eigenvalue weighted by atomic mass is 16.7. The summed E-state index contributed by atoms with van der Waals surface area (Å²) in [6.07, 6.45) is -0.974. The highest BCUT2D eigenvalue weighted by molar-refractivity contribution is 6.21. The summed E-state index contributed by atoms with van der Waals surface area (Å²) in [4.78, 5) is 44.0. The van der Waals surface area contributed by atoms with Crippen molar-refractivity contribution >= 4 is 29.3 Å². The van der Waals surface area contributed by atoms with Gasteiger partial charge in [0, 0.05) is 0 Å². The fourth-order valence-corrected chi connectivity index (χ4v) is 3.18. The lowest BCUT2D eigenvalue weighted by Crippen LogP contribution is -2.49. The molecule has 0 aromatic heterocycles. The van der Waals surface area contributed by atoms with Crippen molar-refractivity contribution in [1.29, 1.82) is 5.53 Å². The summed E-state index contributed by atoms with van der Waals surface area (Å²) in [5, 5.41) is 5.07. The van der Waals surface area contributed by atoms with Gasteiger partial charge in [-0.3, -0.25) is 9.59 Å². The molecule has 0 aliphatic carbocycles. The quantitative estimate of drug-likeness (QED) is 0.349. The molecule has 4 rings (SSSR count). The van der Waals surface area contributed by atoms with Gasteiger partial charge in [0.25, 0.3) is 11.8 Å². The Morgan fingerprint density at radius 2 is 1.48 bits per heavy atom. The lowest BCUT2D eigenvalue weighted by molar-refractivity contribution is -0.00136. The third kappa shape index (κ3) is 3.84. The van der Waals surface area contributed by atoms with Gasteiger partial charge >= 0.3 is 6.09 Å². The number of carbonyl (C=O) groups is 3. The van der Waals surface area contributed by atoms with Crippen LogP contribution in [-0.2, 0) is 11.4 Å². The van der Waals surface area contributed by atoms with Crippen LogP contribution in [0.25, 0.3) is 0 Å². The zero-order chi connectivity index (χ0) is 21.8. The molecule has 2 N–H and O–H groups in total. The number of para-hydroxylation sites is 2. The number of hydrogen-bond donors (Lipinski definition) is 2. The predicted octanol–water partition coefficient (Wildman–Crippen LogP) is 4.53. The molecule has 0 atom stereocenters. The lowest BCUT2D eigenvalue weighted by atomic mass is 10.1. The lowest BCUT2D eigenvalue weighted by Gasteiger charge is -2.29. The smallest absolute Gasteiger partial charge is 0.323 e. The zero-order valence-electron chi connectivity index (χ0n) is 16.2. The molecule has 1 aliphatic heterocycles. The number of hydrazine groups is 1. The molecule has 0 bridgehead atoms. The van der Waals surface area contributed by atoms with Gasteiger partial charge in [-0.2, -0.15) is 10.1 Å². The summed E-state index contributed by atoms with van der Waals surface area (Å²) in [5.74, 6) is -1.23. The number of rotatable bonds is 6. The molecule has 0 saturated heterocycles. The van der Waals surface area contributed by atoms with Crippen LogP contribution in [-0.4, -0.2) is 27.9 Å². The minimum Gasteiger partial charge on any atom is -0.323 e. The number of carbonyl (C=O) groups excluding carboxylic acids is 3. The first-order chi connectivity index (χ1) is 15.1. The summed E-state index contributed by atoms with van der Waals surface area (Å²) in [6, 6.07) is 21.8. The minimum atomic E-state index is -0.974. The fourth-order valence-electron chi connectivity index (χ4n) is 3.18. The molecule has 0 radical (unpaired) electrons. The van der Waals surface area contributed by atoms with Crippen molar-refractivity contribution in [1.82, 2.24) is 10.0 Å². The van der Waals surface area contributed by atoms with Gasteiger partial charge < -0.3 is 4.84 Å². The van der Waals surface area contributed by atoms with Gasteiger partial charge in [-0.15, -0.1) is 0 Å². The van der Waals surface area contributed by atoms with Crippen LogP contribution in [0.5, 0.6) is 0 Å². The molecule has 0 fully saturated rings. The van der Waals surface area contributed by atoms with Gasteiger partial charge in [-0.25, -0.2) is 20.8 Å². The molecule has 9 heteroatoms. The van der Waals surface area contributed by atoms with Crippen LogP contribution >= 0.6 is 0 Å². The summed E-state index contributed by atoms with van der Waals surface area (Å²) in [6.45, 7) is -0.0721. The number of hydrogen-bond acceptors (Lipinski definition) is 7. The van der Waals surface area contributed by atoms with Crippen LogP contribution in [0.2, 0.25) is 0 Å². The second-order valence-corrected chi connectivity index (χ2v) is 6.61. The molecular weight excluding hydrogens is 398 g/mol. The summed E-state index contributed by atoms with van der Waals surface area (Å²) < 4.78 is 0. The Labute approximate surface area is 177 Å². The van der Waals surface area contributed by atoms with E-state index in [1.165, 1.54) is 12.1 Å². The Kier molecular flexibility index (Phi) is 5.39. The van der Waals surface area contributed by atoms with Crippen molar-refractivity contribution in [3.05, 3.63) is 95.6 Å². The Bertz CT molecular complexity index is 1130.